The molecular weight excluding hydrogens is 304 g/mol. The van der Waals surface area contributed by atoms with Crippen molar-refractivity contribution in [2.75, 3.05) is 6.54 Å². The molecule has 0 radical (unpaired) electrons. The van der Waals surface area contributed by atoms with Crippen LogP contribution in [0, 0.1) is 0 Å². The average molecular weight is 321 g/mol. The molecule has 2 rings (SSSR count). The summed E-state index contributed by atoms with van der Waals surface area (Å²) in [6.07, 6.45) is 2.90. The first-order valence-corrected chi connectivity index (χ1v) is 7.16. The van der Waals surface area contributed by atoms with Gasteiger partial charge in [0.1, 0.15) is 11.5 Å². The van der Waals surface area contributed by atoms with Gasteiger partial charge >= 0.3 is 0 Å². The summed E-state index contributed by atoms with van der Waals surface area (Å²) in [5.41, 5.74) is 0.989. The maximum absolute atomic E-state index is 5.79. The molecule has 0 saturated heterocycles. The number of ether oxygens (including phenoxy) is 1. The van der Waals surface area contributed by atoms with Crippen molar-refractivity contribution < 1.29 is 4.74 Å². The van der Waals surface area contributed by atoms with Crippen LogP contribution in [-0.4, -0.2) is 11.5 Å². The minimum atomic E-state index is 0.769. The van der Waals surface area contributed by atoms with Crippen molar-refractivity contribution in [2.24, 2.45) is 0 Å². The third kappa shape index (κ3) is 4.65. The molecule has 1 N–H and O–H groups in total. The number of benzene rings is 1. The van der Waals surface area contributed by atoms with Gasteiger partial charge in [-0.15, -0.1) is 0 Å². The van der Waals surface area contributed by atoms with E-state index in [-0.39, 0.29) is 0 Å². The average Bonchev–Trinajstić information content (AvgIpc) is 2.42. The number of pyridine rings is 1. The van der Waals surface area contributed by atoms with E-state index in [1.54, 1.807) is 6.20 Å². The van der Waals surface area contributed by atoms with Gasteiger partial charge in [0.15, 0.2) is 0 Å². The van der Waals surface area contributed by atoms with Gasteiger partial charge in [0.25, 0.3) is 0 Å². The highest BCUT2D eigenvalue weighted by molar-refractivity contribution is 9.10. The molecular formula is C15H17BrN2O. The lowest BCUT2D eigenvalue weighted by atomic mass is 10.3. The standard InChI is InChI=1S/C15H17BrN2O/c1-2-8-17-11-13-10-15(7-9-18-13)19-14-5-3-12(16)4-6-14/h3-7,9-10,17H,2,8,11H2,1H3. The fourth-order valence-corrected chi connectivity index (χ4v) is 1.91. The van der Waals surface area contributed by atoms with Crippen LogP contribution in [0.2, 0.25) is 0 Å². The minimum Gasteiger partial charge on any atom is -0.457 e. The molecule has 0 aliphatic carbocycles. The van der Waals surface area contributed by atoms with Gasteiger partial charge in [-0.1, -0.05) is 22.9 Å². The summed E-state index contributed by atoms with van der Waals surface area (Å²) in [7, 11) is 0. The van der Waals surface area contributed by atoms with E-state index in [0.29, 0.717) is 0 Å². The maximum atomic E-state index is 5.79. The number of hydrogen-bond acceptors (Lipinski definition) is 3. The summed E-state index contributed by atoms with van der Waals surface area (Å²) in [6, 6.07) is 11.6. The molecule has 4 heteroatoms. The SMILES string of the molecule is CCCNCc1cc(Oc2ccc(Br)cc2)ccn1. The predicted octanol–water partition coefficient (Wildman–Crippen LogP) is 4.14. The van der Waals surface area contributed by atoms with E-state index in [0.717, 1.165) is 41.2 Å². The van der Waals surface area contributed by atoms with E-state index in [2.05, 4.69) is 33.2 Å². The molecule has 100 valence electrons. The van der Waals surface area contributed by atoms with E-state index in [4.69, 9.17) is 4.74 Å². The molecule has 2 aromatic rings. The largest absolute Gasteiger partial charge is 0.457 e. The molecule has 0 spiro atoms. The summed E-state index contributed by atoms with van der Waals surface area (Å²) in [6.45, 7) is 3.92. The van der Waals surface area contributed by atoms with Gasteiger partial charge < -0.3 is 10.1 Å². The highest BCUT2D eigenvalue weighted by Gasteiger charge is 2.00. The smallest absolute Gasteiger partial charge is 0.130 e. The van der Waals surface area contributed by atoms with Gasteiger partial charge in [0.05, 0.1) is 5.69 Å². The molecule has 0 aliphatic rings. The van der Waals surface area contributed by atoms with Crippen molar-refractivity contribution in [3.8, 4) is 11.5 Å². The first kappa shape index (κ1) is 14.0. The van der Waals surface area contributed by atoms with Crippen LogP contribution < -0.4 is 10.1 Å². The van der Waals surface area contributed by atoms with Gasteiger partial charge in [-0.25, -0.2) is 0 Å². The number of hydrogen-bond donors (Lipinski definition) is 1. The van der Waals surface area contributed by atoms with Crippen molar-refractivity contribution in [1.29, 1.82) is 0 Å². The fourth-order valence-electron chi connectivity index (χ4n) is 1.65. The van der Waals surface area contributed by atoms with E-state index >= 15 is 0 Å². The Labute approximate surface area is 122 Å². The van der Waals surface area contributed by atoms with Gasteiger partial charge in [-0.05, 0) is 43.3 Å². The Kier molecular flexibility index (Phi) is 5.36. The Morgan fingerprint density at radius 1 is 1.16 bits per heavy atom. The number of aromatic nitrogens is 1. The monoisotopic (exact) mass is 320 g/mol. The number of halogens is 1. The number of nitrogens with zero attached hydrogens (tertiary/aromatic N) is 1. The zero-order valence-corrected chi connectivity index (χ0v) is 12.5. The van der Waals surface area contributed by atoms with Crippen LogP contribution in [0.1, 0.15) is 19.0 Å². The van der Waals surface area contributed by atoms with Crippen molar-refractivity contribution in [3.63, 3.8) is 0 Å². The highest BCUT2D eigenvalue weighted by atomic mass is 79.9. The summed E-state index contributed by atoms with van der Waals surface area (Å²) >= 11 is 3.40. The molecule has 1 aromatic heterocycles. The summed E-state index contributed by atoms with van der Waals surface area (Å²) in [4.78, 5) is 4.32. The quantitative estimate of drug-likeness (QED) is 0.812. The van der Waals surface area contributed by atoms with Crippen molar-refractivity contribution in [2.45, 2.75) is 19.9 Å². The van der Waals surface area contributed by atoms with Crippen LogP contribution in [0.5, 0.6) is 11.5 Å². The molecule has 3 nitrogen and oxygen atoms in total. The van der Waals surface area contributed by atoms with Gasteiger partial charge in [-0.3, -0.25) is 4.98 Å². The molecule has 1 aromatic carbocycles. The van der Waals surface area contributed by atoms with E-state index in [1.165, 1.54) is 0 Å². The van der Waals surface area contributed by atoms with Crippen LogP contribution in [-0.2, 0) is 6.54 Å². The predicted molar refractivity (Wildman–Crippen MR) is 80.5 cm³/mol. The van der Waals surface area contributed by atoms with Crippen LogP contribution in [0.25, 0.3) is 0 Å². The lowest BCUT2D eigenvalue weighted by molar-refractivity contribution is 0.480. The minimum absolute atomic E-state index is 0.769. The number of nitrogens with one attached hydrogen (secondary N) is 1. The highest BCUT2D eigenvalue weighted by Crippen LogP contribution is 2.23. The Balaban J connectivity index is 2.00. The van der Waals surface area contributed by atoms with Crippen molar-refractivity contribution in [3.05, 3.63) is 52.8 Å². The molecule has 0 aliphatic heterocycles. The summed E-state index contributed by atoms with van der Waals surface area (Å²) in [5.74, 6) is 1.63. The van der Waals surface area contributed by atoms with Crippen LogP contribution in [0.15, 0.2) is 47.1 Å². The summed E-state index contributed by atoms with van der Waals surface area (Å²) in [5, 5.41) is 3.33. The lowest BCUT2D eigenvalue weighted by Crippen LogP contribution is -2.14. The third-order valence-electron chi connectivity index (χ3n) is 2.57. The zero-order chi connectivity index (χ0) is 13.5. The molecule has 0 bridgehead atoms. The van der Waals surface area contributed by atoms with E-state index in [9.17, 15) is 0 Å². The Hall–Kier alpha value is -1.39. The second-order valence-corrected chi connectivity index (χ2v) is 5.13. The first-order valence-electron chi connectivity index (χ1n) is 6.37. The van der Waals surface area contributed by atoms with Crippen LogP contribution >= 0.6 is 15.9 Å². The van der Waals surface area contributed by atoms with E-state index in [1.807, 2.05) is 36.4 Å². The lowest BCUT2D eigenvalue weighted by Gasteiger charge is -2.07. The second-order valence-electron chi connectivity index (χ2n) is 4.22. The Morgan fingerprint density at radius 2 is 1.95 bits per heavy atom. The molecule has 1 heterocycles. The van der Waals surface area contributed by atoms with Gasteiger partial charge in [-0.2, -0.15) is 0 Å². The molecule has 0 fully saturated rings. The van der Waals surface area contributed by atoms with Gasteiger partial charge in [0.2, 0.25) is 0 Å². The number of rotatable bonds is 6. The normalized spacial score (nSPS) is 10.4. The molecule has 0 unspecified atom stereocenters. The first-order chi connectivity index (χ1) is 9.28. The zero-order valence-electron chi connectivity index (χ0n) is 10.9. The maximum Gasteiger partial charge on any atom is 0.130 e. The molecule has 0 amide bonds. The Morgan fingerprint density at radius 3 is 2.68 bits per heavy atom. The third-order valence-corrected chi connectivity index (χ3v) is 3.10. The second kappa shape index (κ2) is 7.26. The van der Waals surface area contributed by atoms with E-state index < -0.39 is 0 Å². The molecule has 0 atom stereocenters. The van der Waals surface area contributed by atoms with Crippen molar-refractivity contribution in [1.82, 2.24) is 10.3 Å². The fraction of sp³-hybridized carbons (Fsp3) is 0.267. The summed E-state index contributed by atoms with van der Waals surface area (Å²) < 4.78 is 6.83. The Bertz CT molecular complexity index is 514. The molecule has 19 heavy (non-hydrogen) atoms. The van der Waals surface area contributed by atoms with Gasteiger partial charge in [0, 0.05) is 23.3 Å². The van der Waals surface area contributed by atoms with Crippen molar-refractivity contribution >= 4 is 15.9 Å². The van der Waals surface area contributed by atoms with Crippen LogP contribution in [0.3, 0.4) is 0 Å². The van der Waals surface area contributed by atoms with Crippen LogP contribution in [0.4, 0.5) is 0 Å². The molecule has 0 saturated carbocycles. The topological polar surface area (TPSA) is 34.1 Å².